The minimum absolute atomic E-state index is 0.000176. The Kier molecular flexibility index (Phi) is 3.85. The number of rotatable bonds is 3. The molecule has 1 aliphatic carbocycles. The summed E-state index contributed by atoms with van der Waals surface area (Å²) in [4.78, 5) is 16.6. The standard InChI is InChI=1S/C15H19ClN2O2/c16-12-3-4-14(19)13(9-12)15(20)18-7-5-17(6-8-18)10-11-1-2-11/h3-4,9,11,19H,1-2,5-8,10H2. The van der Waals surface area contributed by atoms with Crippen molar-refractivity contribution in [2.45, 2.75) is 12.8 Å². The van der Waals surface area contributed by atoms with Crippen LogP contribution in [0.1, 0.15) is 23.2 Å². The maximum Gasteiger partial charge on any atom is 0.257 e. The molecule has 2 fully saturated rings. The van der Waals surface area contributed by atoms with Gasteiger partial charge in [0.2, 0.25) is 0 Å². The summed E-state index contributed by atoms with van der Waals surface area (Å²) >= 11 is 5.90. The molecular weight excluding hydrogens is 276 g/mol. The molecule has 2 aliphatic rings. The smallest absolute Gasteiger partial charge is 0.257 e. The van der Waals surface area contributed by atoms with Crippen molar-refractivity contribution in [1.82, 2.24) is 9.80 Å². The Morgan fingerprint density at radius 1 is 1.25 bits per heavy atom. The molecule has 1 N–H and O–H groups in total. The van der Waals surface area contributed by atoms with E-state index in [1.165, 1.54) is 31.5 Å². The van der Waals surface area contributed by atoms with Crippen LogP contribution in [-0.2, 0) is 0 Å². The Bertz CT molecular complexity index is 509. The van der Waals surface area contributed by atoms with Gasteiger partial charge in [-0.2, -0.15) is 0 Å². The van der Waals surface area contributed by atoms with Crippen molar-refractivity contribution in [2.24, 2.45) is 5.92 Å². The lowest BCUT2D eigenvalue weighted by atomic mass is 10.1. The van der Waals surface area contributed by atoms with Crippen LogP contribution < -0.4 is 0 Å². The fourth-order valence-electron chi connectivity index (χ4n) is 2.65. The molecule has 4 nitrogen and oxygen atoms in total. The average molecular weight is 295 g/mol. The topological polar surface area (TPSA) is 43.8 Å². The molecule has 1 aromatic carbocycles. The SMILES string of the molecule is O=C(c1cc(Cl)ccc1O)N1CCN(CC2CC2)CC1. The highest BCUT2D eigenvalue weighted by Gasteiger charge is 2.28. The van der Waals surface area contributed by atoms with E-state index in [0.717, 1.165) is 32.1 Å². The highest BCUT2D eigenvalue weighted by molar-refractivity contribution is 6.31. The van der Waals surface area contributed by atoms with Crippen LogP contribution in [0.5, 0.6) is 5.75 Å². The quantitative estimate of drug-likeness (QED) is 0.929. The van der Waals surface area contributed by atoms with E-state index in [4.69, 9.17) is 11.6 Å². The fourth-order valence-corrected chi connectivity index (χ4v) is 2.82. The summed E-state index contributed by atoms with van der Waals surface area (Å²) in [5.41, 5.74) is 0.299. The van der Waals surface area contributed by atoms with Gasteiger partial charge >= 0.3 is 0 Å². The molecule has 1 aliphatic heterocycles. The van der Waals surface area contributed by atoms with Crippen LogP contribution in [0.4, 0.5) is 0 Å². The first-order chi connectivity index (χ1) is 9.63. The summed E-state index contributed by atoms with van der Waals surface area (Å²) in [6, 6.07) is 4.59. The largest absolute Gasteiger partial charge is 0.507 e. The number of carbonyl (C=O) groups is 1. The number of hydrogen-bond acceptors (Lipinski definition) is 3. The van der Waals surface area contributed by atoms with Crippen LogP contribution in [0.2, 0.25) is 5.02 Å². The van der Waals surface area contributed by atoms with Crippen LogP contribution in [0.25, 0.3) is 0 Å². The summed E-state index contributed by atoms with van der Waals surface area (Å²) in [6.07, 6.45) is 2.71. The van der Waals surface area contributed by atoms with Gasteiger partial charge in [0, 0.05) is 37.7 Å². The van der Waals surface area contributed by atoms with Gasteiger partial charge in [-0.05, 0) is 37.0 Å². The molecule has 3 rings (SSSR count). The second-order valence-corrected chi connectivity index (χ2v) is 6.13. The van der Waals surface area contributed by atoms with Crippen molar-refractivity contribution < 1.29 is 9.90 Å². The van der Waals surface area contributed by atoms with Gasteiger partial charge < -0.3 is 10.0 Å². The molecule has 0 bridgehead atoms. The maximum atomic E-state index is 12.4. The number of halogens is 1. The molecule has 0 radical (unpaired) electrons. The first-order valence-electron chi connectivity index (χ1n) is 7.13. The summed E-state index contributed by atoms with van der Waals surface area (Å²) in [7, 11) is 0. The van der Waals surface area contributed by atoms with E-state index in [1.54, 1.807) is 11.0 Å². The van der Waals surface area contributed by atoms with E-state index in [-0.39, 0.29) is 11.7 Å². The zero-order valence-electron chi connectivity index (χ0n) is 11.4. The summed E-state index contributed by atoms with van der Waals surface area (Å²) in [5, 5.41) is 10.3. The van der Waals surface area contributed by atoms with Crippen LogP contribution >= 0.6 is 11.6 Å². The van der Waals surface area contributed by atoms with Crippen LogP contribution in [0.3, 0.4) is 0 Å². The fraction of sp³-hybridized carbons (Fsp3) is 0.533. The average Bonchev–Trinajstić information content (AvgIpc) is 3.26. The van der Waals surface area contributed by atoms with Crippen molar-refractivity contribution in [3.63, 3.8) is 0 Å². The van der Waals surface area contributed by atoms with Crippen LogP contribution in [0.15, 0.2) is 18.2 Å². The molecule has 1 saturated heterocycles. The predicted molar refractivity (Wildman–Crippen MR) is 78.2 cm³/mol. The van der Waals surface area contributed by atoms with Crippen molar-refractivity contribution in [2.75, 3.05) is 32.7 Å². The normalized spacial score (nSPS) is 20.1. The third-order valence-electron chi connectivity index (χ3n) is 4.06. The molecule has 0 unspecified atom stereocenters. The summed E-state index contributed by atoms with van der Waals surface area (Å²) in [6.45, 7) is 4.45. The van der Waals surface area contributed by atoms with E-state index >= 15 is 0 Å². The van der Waals surface area contributed by atoms with E-state index < -0.39 is 0 Å². The lowest BCUT2D eigenvalue weighted by molar-refractivity contribution is 0.0629. The molecule has 108 valence electrons. The lowest BCUT2D eigenvalue weighted by Gasteiger charge is -2.34. The molecule has 1 aromatic rings. The molecular formula is C15H19ClN2O2. The van der Waals surface area contributed by atoms with E-state index in [1.807, 2.05) is 0 Å². The zero-order valence-corrected chi connectivity index (χ0v) is 12.1. The van der Waals surface area contributed by atoms with Gasteiger partial charge in [0.15, 0.2) is 0 Å². The van der Waals surface area contributed by atoms with Crippen molar-refractivity contribution in [1.29, 1.82) is 0 Å². The molecule has 1 heterocycles. The molecule has 1 amide bonds. The Hall–Kier alpha value is -1.26. The highest BCUT2D eigenvalue weighted by Crippen LogP contribution is 2.30. The first-order valence-corrected chi connectivity index (χ1v) is 7.51. The van der Waals surface area contributed by atoms with Crippen LogP contribution in [0, 0.1) is 5.92 Å². The third-order valence-corrected chi connectivity index (χ3v) is 4.30. The number of nitrogens with zero attached hydrogens (tertiary/aromatic N) is 2. The van der Waals surface area contributed by atoms with Crippen molar-refractivity contribution >= 4 is 17.5 Å². The van der Waals surface area contributed by atoms with Crippen molar-refractivity contribution in [3.05, 3.63) is 28.8 Å². The van der Waals surface area contributed by atoms with Gasteiger partial charge in [-0.25, -0.2) is 0 Å². The van der Waals surface area contributed by atoms with Gasteiger partial charge in [-0.1, -0.05) is 11.6 Å². The second kappa shape index (κ2) is 5.62. The molecule has 0 atom stereocenters. The van der Waals surface area contributed by atoms with E-state index in [0.29, 0.717) is 10.6 Å². The Balaban J connectivity index is 1.61. The van der Waals surface area contributed by atoms with Crippen molar-refractivity contribution in [3.8, 4) is 5.75 Å². The lowest BCUT2D eigenvalue weighted by Crippen LogP contribution is -2.49. The van der Waals surface area contributed by atoms with Gasteiger partial charge in [-0.15, -0.1) is 0 Å². The summed E-state index contributed by atoms with van der Waals surface area (Å²) < 4.78 is 0. The zero-order chi connectivity index (χ0) is 14.1. The van der Waals surface area contributed by atoms with E-state index in [9.17, 15) is 9.90 Å². The number of phenolic OH excluding ortho intramolecular Hbond substituents is 1. The van der Waals surface area contributed by atoms with Crippen LogP contribution in [-0.4, -0.2) is 53.5 Å². The molecule has 0 aromatic heterocycles. The molecule has 5 heteroatoms. The van der Waals surface area contributed by atoms with Gasteiger partial charge in [0.1, 0.15) is 5.75 Å². The second-order valence-electron chi connectivity index (χ2n) is 5.70. The third kappa shape index (κ3) is 3.07. The van der Waals surface area contributed by atoms with E-state index in [2.05, 4.69) is 4.90 Å². The summed E-state index contributed by atoms with van der Waals surface area (Å²) in [5.74, 6) is 0.755. The number of piperazine rings is 1. The number of amides is 1. The number of phenols is 1. The maximum absolute atomic E-state index is 12.4. The molecule has 20 heavy (non-hydrogen) atoms. The first kappa shape index (κ1) is 13.7. The minimum Gasteiger partial charge on any atom is -0.507 e. The number of hydrogen-bond donors (Lipinski definition) is 1. The molecule has 1 saturated carbocycles. The van der Waals surface area contributed by atoms with Gasteiger partial charge in [0.25, 0.3) is 5.91 Å². The highest BCUT2D eigenvalue weighted by atomic mass is 35.5. The Morgan fingerprint density at radius 2 is 1.95 bits per heavy atom. The monoisotopic (exact) mass is 294 g/mol. The Labute approximate surface area is 123 Å². The molecule has 0 spiro atoms. The van der Waals surface area contributed by atoms with Gasteiger partial charge in [0.05, 0.1) is 5.56 Å². The van der Waals surface area contributed by atoms with Gasteiger partial charge in [-0.3, -0.25) is 9.69 Å². The Morgan fingerprint density at radius 3 is 2.60 bits per heavy atom. The number of benzene rings is 1. The minimum atomic E-state index is -0.129. The number of carbonyl (C=O) groups excluding carboxylic acids is 1. The predicted octanol–water partition coefficient (Wildman–Crippen LogP) is 2.21. The number of aromatic hydroxyl groups is 1.